The highest BCUT2D eigenvalue weighted by molar-refractivity contribution is 8.00. The van der Waals surface area contributed by atoms with Gasteiger partial charge in [0.1, 0.15) is 17.3 Å². The highest BCUT2D eigenvalue weighted by Crippen LogP contribution is 2.32. The molecule has 0 saturated carbocycles. The van der Waals surface area contributed by atoms with Crippen molar-refractivity contribution in [1.82, 2.24) is 15.2 Å². The third-order valence-electron chi connectivity index (χ3n) is 5.53. The second kappa shape index (κ2) is 8.91. The minimum absolute atomic E-state index is 0.165. The van der Waals surface area contributed by atoms with Gasteiger partial charge in [-0.25, -0.2) is 9.37 Å². The maximum Gasteiger partial charge on any atom is 0.274 e. The number of rotatable bonds is 5. The van der Waals surface area contributed by atoms with Crippen LogP contribution in [-0.4, -0.2) is 52.5 Å². The highest BCUT2D eigenvalue weighted by atomic mass is 32.2. The van der Waals surface area contributed by atoms with Gasteiger partial charge in [0.05, 0.1) is 22.4 Å². The molecule has 2 amide bonds. The lowest BCUT2D eigenvalue weighted by atomic mass is 10.0. The summed E-state index contributed by atoms with van der Waals surface area (Å²) in [5.74, 6) is 0.813. The molecule has 164 valence electrons. The van der Waals surface area contributed by atoms with E-state index in [-0.39, 0.29) is 23.0 Å². The first-order valence-electron chi connectivity index (χ1n) is 10.3. The summed E-state index contributed by atoms with van der Waals surface area (Å²) in [5.41, 5.74) is 4.10. The third kappa shape index (κ3) is 3.98. The second-order valence-corrected chi connectivity index (χ2v) is 9.60. The lowest BCUT2D eigenvalue weighted by molar-refractivity contribution is 0.0747. The molecular weight excluding hydrogens is 449 g/mol. The smallest absolute Gasteiger partial charge is 0.274 e. The summed E-state index contributed by atoms with van der Waals surface area (Å²) in [4.78, 5) is 32.8. The Kier molecular flexibility index (Phi) is 5.84. The number of thiazole rings is 1. The summed E-state index contributed by atoms with van der Waals surface area (Å²) >= 11 is 2.94. The molecule has 1 saturated heterocycles. The Morgan fingerprint density at radius 1 is 1.25 bits per heavy atom. The van der Waals surface area contributed by atoms with E-state index in [0.717, 1.165) is 17.1 Å². The number of fused-ring (bicyclic) bond motifs is 1. The fourth-order valence-electron chi connectivity index (χ4n) is 4.00. The van der Waals surface area contributed by atoms with Crippen LogP contribution in [0.5, 0.6) is 5.75 Å². The van der Waals surface area contributed by atoms with Crippen LogP contribution in [0.4, 0.5) is 4.39 Å². The topological polar surface area (TPSA) is 71.5 Å². The van der Waals surface area contributed by atoms with Gasteiger partial charge in [-0.15, -0.1) is 23.1 Å². The van der Waals surface area contributed by atoms with Crippen LogP contribution in [0, 0.1) is 5.82 Å². The summed E-state index contributed by atoms with van der Waals surface area (Å²) in [6.45, 7) is 1.49. The van der Waals surface area contributed by atoms with Crippen molar-refractivity contribution < 1.29 is 18.7 Å². The van der Waals surface area contributed by atoms with Crippen molar-refractivity contribution >= 4 is 34.9 Å². The van der Waals surface area contributed by atoms with Gasteiger partial charge in [0.25, 0.3) is 11.8 Å². The average Bonchev–Trinajstić information content (AvgIpc) is 3.57. The van der Waals surface area contributed by atoms with Crippen LogP contribution >= 0.6 is 23.1 Å². The summed E-state index contributed by atoms with van der Waals surface area (Å²) in [5, 5.41) is 2.78. The van der Waals surface area contributed by atoms with E-state index in [4.69, 9.17) is 4.74 Å². The molecule has 9 heteroatoms. The molecule has 32 heavy (non-hydrogen) atoms. The molecule has 1 atom stereocenters. The number of benzene rings is 2. The minimum Gasteiger partial charge on any atom is -0.493 e. The molecule has 3 aromatic rings. The van der Waals surface area contributed by atoms with Gasteiger partial charge in [-0.1, -0.05) is 18.2 Å². The van der Waals surface area contributed by atoms with Gasteiger partial charge in [0.15, 0.2) is 0 Å². The van der Waals surface area contributed by atoms with E-state index in [2.05, 4.69) is 10.3 Å². The molecule has 3 heterocycles. The molecular formula is C23H20FN3O3S2. The van der Waals surface area contributed by atoms with Gasteiger partial charge >= 0.3 is 0 Å². The van der Waals surface area contributed by atoms with Crippen molar-refractivity contribution in [2.45, 2.75) is 11.8 Å². The Hall–Kier alpha value is -2.91. The third-order valence-corrected chi connectivity index (χ3v) is 7.63. The largest absolute Gasteiger partial charge is 0.493 e. The summed E-state index contributed by atoms with van der Waals surface area (Å²) in [6, 6.07) is 11.7. The number of thioether (sulfide) groups is 1. The summed E-state index contributed by atoms with van der Waals surface area (Å²) < 4.78 is 19.2. The van der Waals surface area contributed by atoms with E-state index in [9.17, 15) is 14.0 Å². The highest BCUT2D eigenvalue weighted by Gasteiger charge is 2.33. The van der Waals surface area contributed by atoms with Crippen molar-refractivity contribution in [1.29, 1.82) is 0 Å². The Morgan fingerprint density at radius 2 is 2.12 bits per heavy atom. The van der Waals surface area contributed by atoms with E-state index < -0.39 is 0 Å². The number of ether oxygens (including phenoxy) is 1. The number of nitrogens with zero attached hydrogens (tertiary/aromatic N) is 2. The minimum atomic E-state index is -0.357. The van der Waals surface area contributed by atoms with E-state index in [1.165, 1.54) is 23.5 Å². The van der Waals surface area contributed by atoms with E-state index >= 15 is 0 Å². The molecule has 0 spiro atoms. The Labute approximate surface area is 192 Å². The molecule has 1 unspecified atom stereocenters. The molecule has 6 nitrogen and oxygen atoms in total. The van der Waals surface area contributed by atoms with Gasteiger partial charge in [-0.3, -0.25) is 9.59 Å². The van der Waals surface area contributed by atoms with Crippen LogP contribution in [0.3, 0.4) is 0 Å². The molecule has 2 aliphatic rings. The molecule has 1 aromatic heterocycles. The van der Waals surface area contributed by atoms with Crippen molar-refractivity contribution in [3.63, 3.8) is 0 Å². The van der Waals surface area contributed by atoms with E-state index in [0.29, 0.717) is 47.8 Å². The Bertz CT molecular complexity index is 1180. The van der Waals surface area contributed by atoms with E-state index in [1.54, 1.807) is 40.4 Å². The maximum absolute atomic E-state index is 13.7. The number of carbonyl (C=O) groups excluding carboxylic acids is 2. The molecule has 1 N–H and O–H groups in total. The molecule has 5 rings (SSSR count). The number of aromatic nitrogens is 1. The molecule has 2 aliphatic heterocycles. The quantitative estimate of drug-likeness (QED) is 0.615. The van der Waals surface area contributed by atoms with Crippen LogP contribution in [0.15, 0.2) is 48.0 Å². The first kappa shape index (κ1) is 21.0. The normalized spacial score (nSPS) is 17.2. The van der Waals surface area contributed by atoms with Crippen molar-refractivity contribution in [2.24, 2.45) is 0 Å². The Balaban J connectivity index is 1.30. The standard InChI is InChI=1S/C23H20FN3O3S2/c24-15-4-1-3-14(11-15)21-20(26-13-32-21)23(29)27-8-10-31-19(27)12-25-22(28)17-5-2-6-18-16(17)7-9-30-18/h1-6,11,13,19H,7-10,12H2,(H,25,28). The lowest BCUT2D eigenvalue weighted by Gasteiger charge is -2.24. The second-order valence-electron chi connectivity index (χ2n) is 7.46. The molecule has 0 bridgehead atoms. The summed E-state index contributed by atoms with van der Waals surface area (Å²) in [7, 11) is 0. The molecule has 2 aromatic carbocycles. The van der Waals surface area contributed by atoms with Gasteiger partial charge in [0, 0.05) is 36.4 Å². The zero-order chi connectivity index (χ0) is 22.1. The molecule has 1 fully saturated rings. The van der Waals surface area contributed by atoms with Crippen LogP contribution < -0.4 is 10.1 Å². The fraction of sp³-hybridized carbons (Fsp3) is 0.261. The SMILES string of the molecule is O=C(NCC1SCCN1C(=O)c1ncsc1-c1cccc(F)c1)c1cccc2c1CCO2. The van der Waals surface area contributed by atoms with Crippen LogP contribution in [0.2, 0.25) is 0 Å². The number of nitrogens with one attached hydrogen (secondary N) is 1. The summed E-state index contributed by atoms with van der Waals surface area (Å²) in [6.07, 6.45) is 0.717. The van der Waals surface area contributed by atoms with Crippen LogP contribution in [0.1, 0.15) is 26.4 Å². The molecule has 0 radical (unpaired) electrons. The maximum atomic E-state index is 13.7. The predicted molar refractivity (Wildman–Crippen MR) is 123 cm³/mol. The average molecular weight is 470 g/mol. The molecule has 0 aliphatic carbocycles. The van der Waals surface area contributed by atoms with Crippen molar-refractivity contribution in [3.05, 3.63) is 70.6 Å². The number of amides is 2. The van der Waals surface area contributed by atoms with E-state index in [1.807, 2.05) is 12.1 Å². The predicted octanol–water partition coefficient (Wildman–Crippen LogP) is 3.83. The van der Waals surface area contributed by atoms with Crippen LogP contribution in [0.25, 0.3) is 10.4 Å². The lowest BCUT2D eigenvalue weighted by Crippen LogP contribution is -2.42. The Morgan fingerprint density at radius 3 is 3.00 bits per heavy atom. The number of halogens is 1. The van der Waals surface area contributed by atoms with Gasteiger partial charge in [0.2, 0.25) is 0 Å². The number of carbonyl (C=O) groups is 2. The first-order chi connectivity index (χ1) is 15.6. The van der Waals surface area contributed by atoms with Crippen LogP contribution in [-0.2, 0) is 6.42 Å². The number of hydrogen-bond acceptors (Lipinski definition) is 6. The number of hydrogen-bond donors (Lipinski definition) is 1. The van der Waals surface area contributed by atoms with Gasteiger partial charge in [-0.2, -0.15) is 0 Å². The zero-order valence-corrected chi connectivity index (χ0v) is 18.7. The zero-order valence-electron chi connectivity index (χ0n) is 17.0. The van der Waals surface area contributed by atoms with Crippen molar-refractivity contribution in [2.75, 3.05) is 25.4 Å². The monoisotopic (exact) mass is 469 g/mol. The van der Waals surface area contributed by atoms with Crippen molar-refractivity contribution in [3.8, 4) is 16.2 Å². The fourth-order valence-corrected chi connectivity index (χ4v) is 5.94. The first-order valence-corrected chi connectivity index (χ1v) is 12.2. The van der Waals surface area contributed by atoms with Gasteiger partial charge < -0.3 is 15.0 Å². The van der Waals surface area contributed by atoms with Gasteiger partial charge in [-0.05, 0) is 29.8 Å².